The zero-order chi connectivity index (χ0) is 38.7. The Kier molecular flexibility index (Phi) is 8.36. The van der Waals surface area contributed by atoms with E-state index in [1.165, 1.54) is 32.9 Å². The number of esters is 2. The van der Waals surface area contributed by atoms with Crippen LogP contribution in [0.15, 0.2) is 18.2 Å². The SMILES string of the molecule is COc1cc2c(cc1O)CCN[C@]21CS[C@@H]2c3c(OC(C)=O)c(C)c4c(c3[C@@H](COC1=O)N1[C@@H]2[C@H]2c3c(cc(C)c(OC)c3O)C[C@@H]([C@H]1C#N)N2C)OCO4. The van der Waals surface area contributed by atoms with E-state index >= 15 is 0 Å². The zero-order valence-electron chi connectivity index (χ0n) is 31.3. The quantitative estimate of drug-likeness (QED) is 0.258. The summed E-state index contributed by atoms with van der Waals surface area (Å²) in [6.07, 6.45) is 1.05. The summed E-state index contributed by atoms with van der Waals surface area (Å²) in [6, 6.07) is 5.28. The van der Waals surface area contributed by atoms with Crippen molar-refractivity contribution in [2.45, 2.75) is 74.6 Å². The van der Waals surface area contributed by atoms with E-state index in [9.17, 15) is 25.1 Å². The monoisotopic (exact) mass is 770 g/mol. The maximum atomic E-state index is 14.7. The molecule has 10 rings (SSSR count). The molecule has 2 fully saturated rings. The number of nitrogens with zero attached hydrogens (tertiary/aromatic N) is 3. The number of nitrogens with one attached hydrogen (secondary N) is 1. The van der Waals surface area contributed by atoms with Gasteiger partial charge in [-0.15, -0.1) is 11.8 Å². The lowest BCUT2D eigenvalue weighted by Crippen LogP contribution is -2.69. The number of benzene rings is 3. The number of nitriles is 1. The van der Waals surface area contributed by atoms with Crippen LogP contribution in [0.4, 0.5) is 0 Å². The molecule has 55 heavy (non-hydrogen) atoms. The maximum Gasteiger partial charge on any atom is 0.331 e. The summed E-state index contributed by atoms with van der Waals surface area (Å²) in [5, 5.41) is 36.9. The third-order valence-electron chi connectivity index (χ3n) is 12.4. The molecule has 3 aromatic carbocycles. The summed E-state index contributed by atoms with van der Waals surface area (Å²) in [4.78, 5) is 32.0. The van der Waals surface area contributed by atoms with Crippen molar-refractivity contribution in [3.8, 4) is 46.3 Å². The summed E-state index contributed by atoms with van der Waals surface area (Å²) in [6.45, 7) is 5.28. The molecule has 0 unspecified atom stereocenters. The van der Waals surface area contributed by atoms with E-state index in [0.717, 1.165) is 16.7 Å². The Labute approximate surface area is 322 Å². The molecule has 7 atom stereocenters. The fourth-order valence-electron chi connectivity index (χ4n) is 10.2. The molecule has 7 heterocycles. The van der Waals surface area contributed by atoms with Crippen LogP contribution in [0.25, 0.3) is 0 Å². The first-order chi connectivity index (χ1) is 26.4. The molecular formula is C40H42N4O10S. The van der Waals surface area contributed by atoms with E-state index in [1.807, 2.05) is 27.0 Å². The predicted octanol–water partition coefficient (Wildman–Crippen LogP) is 3.99. The first-order valence-corrected chi connectivity index (χ1v) is 19.4. The van der Waals surface area contributed by atoms with Gasteiger partial charge in [0.25, 0.3) is 0 Å². The number of aryl methyl sites for hydroxylation is 1. The Bertz CT molecular complexity index is 2220. The van der Waals surface area contributed by atoms with Crippen molar-refractivity contribution in [1.82, 2.24) is 15.1 Å². The second-order valence-corrected chi connectivity index (χ2v) is 16.2. The number of carbonyl (C=O) groups is 2. The fourth-order valence-corrected chi connectivity index (χ4v) is 11.9. The van der Waals surface area contributed by atoms with Gasteiger partial charge in [-0.3, -0.25) is 19.9 Å². The predicted molar refractivity (Wildman–Crippen MR) is 198 cm³/mol. The van der Waals surface area contributed by atoms with Gasteiger partial charge < -0.3 is 38.6 Å². The van der Waals surface area contributed by atoms with Crippen LogP contribution in [-0.4, -0.2) is 97.0 Å². The second kappa shape index (κ2) is 12.8. The number of aromatic hydroxyl groups is 2. The van der Waals surface area contributed by atoms with Crippen molar-refractivity contribution in [3.05, 3.63) is 62.7 Å². The Morgan fingerprint density at radius 1 is 1.05 bits per heavy atom. The minimum Gasteiger partial charge on any atom is -0.504 e. The number of hydrogen-bond donors (Lipinski definition) is 3. The molecule has 7 aliphatic heterocycles. The fraction of sp³-hybridized carbons (Fsp3) is 0.475. The topological polar surface area (TPSA) is 172 Å². The van der Waals surface area contributed by atoms with Crippen LogP contribution < -0.4 is 29.0 Å². The van der Waals surface area contributed by atoms with E-state index in [-0.39, 0.29) is 42.4 Å². The molecule has 3 aromatic rings. The molecule has 288 valence electrons. The van der Waals surface area contributed by atoms with Crippen LogP contribution in [0, 0.1) is 25.2 Å². The first-order valence-electron chi connectivity index (χ1n) is 18.3. The lowest BCUT2D eigenvalue weighted by atomic mass is 9.71. The third-order valence-corrected chi connectivity index (χ3v) is 13.9. The molecule has 2 saturated heterocycles. The zero-order valence-corrected chi connectivity index (χ0v) is 32.2. The number of ether oxygens (including phenoxy) is 6. The average Bonchev–Trinajstić information content (AvgIpc) is 3.65. The number of carbonyl (C=O) groups excluding carboxylic acids is 2. The number of methoxy groups -OCH3 is 2. The molecule has 0 aliphatic carbocycles. The van der Waals surface area contributed by atoms with Crippen molar-refractivity contribution in [2.75, 3.05) is 47.0 Å². The Morgan fingerprint density at radius 3 is 2.56 bits per heavy atom. The Morgan fingerprint density at radius 2 is 1.84 bits per heavy atom. The minimum absolute atomic E-state index is 0.0239. The van der Waals surface area contributed by atoms with Crippen molar-refractivity contribution < 1.29 is 48.2 Å². The van der Waals surface area contributed by atoms with Crippen molar-refractivity contribution in [3.63, 3.8) is 0 Å². The molecule has 0 saturated carbocycles. The van der Waals surface area contributed by atoms with Crippen LogP contribution in [-0.2, 0) is 32.7 Å². The lowest BCUT2D eigenvalue weighted by molar-refractivity contribution is -0.157. The van der Waals surface area contributed by atoms with Gasteiger partial charge in [0.2, 0.25) is 6.79 Å². The average molecular weight is 771 g/mol. The number of piperazine rings is 1. The van der Waals surface area contributed by atoms with E-state index in [4.69, 9.17) is 28.4 Å². The summed E-state index contributed by atoms with van der Waals surface area (Å²) >= 11 is 1.48. The smallest absolute Gasteiger partial charge is 0.331 e. The number of likely N-dealkylation sites (N-methyl/N-ethyl adjacent to an activating group) is 1. The first kappa shape index (κ1) is 35.8. The Hall–Kier alpha value is -4.88. The molecule has 0 radical (unpaired) electrons. The molecule has 15 heteroatoms. The number of rotatable bonds is 3. The van der Waals surface area contributed by atoms with Gasteiger partial charge in [-0.05, 0) is 68.1 Å². The summed E-state index contributed by atoms with van der Waals surface area (Å²) in [5.41, 5.74) is 4.41. The van der Waals surface area contributed by atoms with Crippen LogP contribution in [0.5, 0.6) is 40.2 Å². The van der Waals surface area contributed by atoms with Gasteiger partial charge in [-0.1, -0.05) is 6.07 Å². The highest BCUT2D eigenvalue weighted by Gasteiger charge is 2.62. The maximum absolute atomic E-state index is 14.7. The number of thioether (sulfide) groups is 1. The molecule has 1 spiro atoms. The van der Waals surface area contributed by atoms with Crippen molar-refractivity contribution in [1.29, 1.82) is 5.26 Å². The number of phenols is 2. The van der Waals surface area contributed by atoms with E-state index in [0.29, 0.717) is 70.2 Å². The van der Waals surface area contributed by atoms with Crippen molar-refractivity contribution in [2.24, 2.45) is 0 Å². The molecule has 0 aromatic heterocycles. The molecule has 7 aliphatic rings. The standard InChI is InChI=1S/C40H42N4O10S/c1-17-9-21-10-23-24(13-41)44-25-14-51-39(48)40(22-12-27(49-5)26(46)11-20(22)7-8-42-40)15-55-38(32(44)31(43(23)4)28(21)33(47)34(17)50-6)30-29(25)37-36(52-16-53-37)18(2)35(30)54-19(3)45/h9,11-12,23-25,31-32,38,42,46-47H,7-8,10,14-16H2,1-6H3/t23-,24+,25+,31+,32+,38+,40+/m0/s1. The number of fused-ring (bicyclic) bond motifs is 9. The summed E-state index contributed by atoms with van der Waals surface area (Å²) in [7, 11) is 4.99. The van der Waals surface area contributed by atoms with Crippen molar-refractivity contribution >= 4 is 23.7 Å². The lowest BCUT2D eigenvalue weighted by Gasteiger charge is -2.62. The Balaban J connectivity index is 1.33. The van der Waals surface area contributed by atoms with Gasteiger partial charge in [0.15, 0.2) is 40.0 Å². The third kappa shape index (κ3) is 4.90. The van der Waals surface area contributed by atoms with E-state index < -0.39 is 46.9 Å². The normalized spacial score (nSPS) is 28.9. The second-order valence-electron chi connectivity index (χ2n) is 15.1. The van der Waals surface area contributed by atoms with Crippen LogP contribution in [0.3, 0.4) is 0 Å². The largest absolute Gasteiger partial charge is 0.504 e. The number of hydrogen-bond acceptors (Lipinski definition) is 15. The van der Waals surface area contributed by atoms with E-state index in [1.54, 1.807) is 12.1 Å². The molecule has 4 bridgehead atoms. The van der Waals surface area contributed by atoms with Crippen LogP contribution in [0.1, 0.15) is 68.8 Å². The molecule has 0 amide bonds. The van der Waals surface area contributed by atoms with E-state index in [2.05, 4.69) is 21.2 Å². The highest BCUT2D eigenvalue weighted by atomic mass is 32.2. The van der Waals surface area contributed by atoms with Gasteiger partial charge >= 0.3 is 11.9 Å². The highest BCUT2D eigenvalue weighted by Crippen LogP contribution is 2.64. The van der Waals surface area contributed by atoms with Gasteiger partial charge in [0, 0.05) is 53.6 Å². The molecular weight excluding hydrogens is 729 g/mol. The van der Waals surface area contributed by atoms with Gasteiger partial charge in [-0.25, -0.2) is 4.79 Å². The molecule has 14 nitrogen and oxygen atoms in total. The highest BCUT2D eigenvalue weighted by molar-refractivity contribution is 7.99. The van der Waals surface area contributed by atoms with Gasteiger partial charge in [0.1, 0.15) is 18.4 Å². The number of phenolic OH excluding ortho intramolecular Hbond substituents is 2. The summed E-state index contributed by atoms with van der Waals surface area (Å²) in [5.74, 6) is 0.973. The van der Waals surface area contributed by atoms with Crippen LogP contribution >= 0.6 is 11.8 Å². The van der Waals surface area contributed by atoms with Crippen LogP contribution in [0.2, 0.25) is 0 Å². The molecule has 3 N–H and O–H groups in total. The van der Waals surface area contributed by atoms with Gasteiger partial charge in [-0.2, -0.15) is 5.26 Å². The van der Waals surface area contributed by atoms with Gasteiger partial charge in [0.05, 0.1) is 37.6 Å². The minimum atomic E-state index is -1.36. The summed E-state index contributed by atoms with van der Waals surface area (Å²) < 4.78 is 36.1.